The first-order chi connectivity index (χ1) is 14.6. The number of pyridine rings is 2. The molecule has 4 heterocycles. The van der Waals surface area contributed by atoms with Gasteiger partial charge < -0.3 is 10.2 Å². The standard InChI is InChI=1S/C22H20F2N6/c1-14-13-29(11-10-26-14)20-5-4-19-22(28-20)30(16-6-8-25-9-7-16)21(27-19)17-12-15(23)2-3-18(17)24/h2-9,12,14,26H,10-11,13H2,1H3/t14-/m1/s1. The monoisotopic (exact) mass is 406 g/mol. The third-order valence-corrected chi connectivity index (χ3v) is 5.27. The lowest BCUT2D eigenvalue weighted by Gasteiger charge is -2.32. The van der Waals surface area contributed by atoms with Crippen molar-refractivity contribution in [3.05, 3.63) is 66.5 Å². The van der Waals surface area contributed by atoms with Crippen LogP contribution < -0.4 is 10.2 Å². The van der Waals surface area contributed by atoms with Gasteiger partial charge in [-0.3, -0.25) is 9.55 Å². The van der Waals surface area contributed by atoms with Gasteiger partial charge in [0.05, 0.1) is 11.3 Å². The maximum absolute atomic E-state index is 14.6. The summed E-state index contributed by atoms with van der Waals surface area (Å²) in [5, 5.41) is 3.42. The highest BCUT2D eigenvalue weighted by Gasteiger charge is 2.22. The van der Waals surface area contributed by atoms with Crippen LogP contribution in [0.2, 0.25) is 0 Å². The highest BCUT2D eigenvalue weighted by Crippen LogP contribution is 2.31. The minimum atomic E-state index is -0.543. The Morgan fingerprint density at radius 2 is 1.87 bits per heavy atom. The average Bonchev–Trinajstić information content (AvgIpc) is 3.14. The molecule has 6 nitrogen and oxygen atoms in total. The van der Waals surface area contributed by atoms with Gasteiger partial charge in [-0.05, 0) is 49.4 Å². The molecule has 0 unspecified atom stereocenters. The number of anilines is 1. The molecular weight excluding hydrogens is 386 g/mol. The Labute approximate surface area is 172 Å². The molecule has 0 radical (unpaired) electrons. The fraction of sp³-hybridized carbons (Fsp3) is 0.227. The van der Waals surface area contributed by atoms with Crippen LogP contribution in [-0.2, 0) is 0 Å². The zero-order valence-corrected chi connectivity index (χ0v) is 16.4. The molecule has 1 atom stereocenters. The molecular formula is C22H20F2N6. The van der Waals surface area contributed by atoms with Gasteiger partial charge in [0, 0.05) is 38.1 Å². The maximum Gasteiger partial charge on any atom is 0.167 e. The number of aromatic nitrogens is 4. The van der Waals surface area contributed by atoms with Crippen molar-refractivity contribution in [3.8, 4) is 17.1 Å². The first kappa shape index (κ1) is 18.6. The summed E-state index contributed by atoms with van der Waals surface area (Å²) in [6, 6.07) is 11.1. The Morgan fingerprint density at radius 3 is 2.67 bits per heavy atom. The summed E-state index contributed by atoms with van der Waals surface area (Å²) in [5.74, 6) is 0.0604. The molecule has 0 amide bonds. The summed E-state index contributed by atoms with van der Waals surface area (Å²) in [4.78, 5) is 15.8. The number of halogens is 2. The van der Waals surface area contributed by atoms with Crippen LogP contribution in [0.15, 0.2) is 54.9 Å². The number of imidazole rings is 1. The number of hydrogen-bond donors (Lipinski definition) is 1. The molecule has 0 saturated carbocycles. The van der Waals surface area contributed by atoms with Crippen LogP contribution >= 0.6 is 0 Å². The smallest absolute Gasteiger partial charge is 0.167 e. The second-order valence-electron chi connectivity index (χ2n) is 7.41. The van der Waals surface area contributed by atoms with Crippen LogP contribution in [0.1, 0.15) is 6.92 Å². The van der Waals surface area contributed by atoms with E-state index in [4.69, 9.17) is 4.98 Å². The highest BCUT2D eigenvalue weighted by atomic mass is 19.1. The third kappa shape index (κ3) is 3.29. The Balaban J connectivity index is 1.73. The first-order valence-corrected chi connectivity index (χ1v) is 9.84. The quantitative estimate of drug-likeness (QED) is 0.564. The van der Waals surface area contributed by atoms with Crippen molar-refractivity contribution in [3.63, 3.8) is 0 Å². The third-order valence-electron chi connectivity index (χ3n) is 5.27. The van der Waals surface area contributed by atoms with Gasteiger partial charge in [-0.25, -0.2) is 18.7 Å². The molecule has 0 aliphatic carbocycles. The van der Waals surface area contributed by atoms with Gasteiger partial charge in [0.25, 0.3) is 0 Å². The number of fused-ring (bicyclic) bond motifs is 1. The van der Waals surface area contributed by atoms with Crippen LogP contribution in [0.5, 0.6) is 0 Å². The number of rotatable bonds is 3. The predicted molar refractivity (Wildman–Crippen MR) is 112 cm³/mol. The number of benzene rings is 1. The van der Waals surface area contributed by atoms with Gasteiger partial charge in [-0.1, -0.05) is 0 Å². The molecule has 1 aliphatic heterocycles. The Kier molecular flexibility index (Phi) is 4.63. The van der Waals surface area contributed by atoms with Gasteiger partial charge in [0.2, 0.25) is 0 Å². The van der Waals surface area contributed by atoms with E-state index >= 15 is 0 Å². The number of nitrogens with one attached hydrogen (secondary N) is 1. The van der Waals surface area contributed by atoms with Gasteiger partial charge in [-0.15, -0.1) is 0 Å². The van der Waals surface area contributed by atoms with Gasteiger partial charge in [0.1, 0.15) is 28.8 Å². The van der Waals surface area contributed by atoms with E-state index in [-0.39, 0.29) is 5.56 Å². The van der Waals surface area contributed by atoms with Gasteiger partial charge in [-0.2, -0.15) is 0 Å². The van der Waals surface area contributed by atoms with E-state index in [2.05, 4.69) is 27.1 Å². The summed E-state index contributed by atoms with van der Waals surface area (Å²) in [5.41, 5.74) is 2.01. The molecule has 0 spiro atoms. The van der Waals surface area contributed by atoms with E-state index in [1.165, 1.54) is 0 Å². The highest BCUT2D eigenvalue weighted by molar-refractivity contribution is 5.81. The van der Waals surface area contributed by atoms with E-state index in [1.807, 2.05) is 12.1 Å². The van der Waals surface area contributed by atoms with Crippen LogP contribution in [-0.4, -0.2) is 45.2 Å². The molecule has 3 aromatic heterocycles. The van der Waals surface area contributed by atoms with Crippen molar-refractivity contribution >= 4 is 17.0 Å². The van der Waals surface area contributed by atoms with Crippen molar-refractivity contribution in [1.82, 2.24) is 24.8 Å². The largest absolute Gasteiger partial charge is 0.354 e. The molecule has 1 fully saturated rings. The van der Waals surface area contributed by atoms with Gasteiger partial charge >= 0.3 is 0 Å². The Morgan fingerprint density at radius 1 is 1.03 bits per heavy atom. The minimum absolute atomic E-state index is 0.0853. The second-order valence-corrected chi connectivity index (χ2v) is 7.41. The van der Waals surface area contributed by atoms with E-state index < -0.39 is 11.6 Å². The molecule has 30 heavy (non-hydrogen) atoms. The number of hydrogen-bond acceptors (Lipinski definition) is 5. The molecule has 1 N–H and O–H groups in total. The summed E-state index contributed by atoms with van der Waals surface area (Å²) in [6.07, 6.45) is 3.30. The maximum atomic E-state index is 14.6. The topological polar surface area (TPSA) is 58.9 Å². The molecule has 4 aromatic rings. The average molecular weight is 406 g/mol. The number of piperazine rings is 1. The zero-order valence-electron chi connectivity index (χ0n) is 16.4. The van der Waals surface area contributed by atoms with Crippen molar-refractivity contribution in [2.24, 2.45) is 0 Å². The normalized spacial score (nSPS) is 16.9. The summed E-state index contributed by atoms with van der Waals surface area (Å²) in [7, 11) is 0. The Bertz CT molecular complexity index is 1210. The summed E-state index contributed by atoms with van der Waals surface area (Å²) < 4.78 is 30.3. The fourth-order valence-electron chi connectivity index (χ4n) is 3.85. The van der Waals surface area contributed by atoms with Gasteiger partial charge in [0.15, 0.2) is 5.65 Å². The lowest BCUT2D eigenvalue weighted by molar-refractivity contribution is 0.482. The van der Waals surface area contributed by atoms with Crippen molar-refractivity contribution in [2.45, 2.75) is 13.0 Å². The molecule has 8 heteroatoms. The van der Waals surface area contributed by atoms with Crippen LogP contribution in [0.25, 0.3) is 28.2 Å². The molecule has 1 aliphatic rings. The van der Waals surface area contributed by atoms with Crippen molar-refractivity contribution in [1.29, 1.82) is 0 Å². The van der Waals surface area contributed by atoms with Crippen molar-refractivity contribution in [2.75, 3.05) is 24.5 Å². The molecule has 5 rings (SSSR count). The predicted octanol–water partition coefficient (Wildman–Crippen LogP) is 3.56. The molecule has 0 bridgehead atoms. The van der Waals surface area contributed by atoms with E-state index in [0.717, 1.165) is 49.3 Å². The second kappa shape index (κ2) is 7.46. The lowest BCUT2D eigenvalue weighted by atomic mass is 10.2. The van der Waals surface area contributed by atoms with Crippen LogP contribution in [0.3, 0.4) is 0 Å². The minimum Gasteiger partial charge on any atom is -0.354 e. The molecule has 1 aromatic carbocycles. The van der Waals surface area contributed by atoms with E-state index in [1.54, 1.807) is 29.1 Å². The summed E-state index contributed by atoms with van der Waals surface area (Å²) in [6.45, 7) is 4.70. The van der Waals surface area contributed by atoms with Crippen LogP contribution in [0.4, 0.5) is 14.6 Å². The van der Waals surface area contributed by atoms with Crippen molar-refractivity contribution < 1.29 is 8.78 Å². The first-order valence-electron chi connectivity index (χ1n) is 9.84. The fourth-order valence-corrected chi connectivity index (χ4v) is 3.85. The Hall–Kier alpha value is -3.39. The SMILES string of the molecule is C[C@@H]1CN(c2ccc3nc(-c4cc(F)ccc4F)n(-c4ccncc4)c3n2)CCN1. The number of nitrogens with zero attached hydrogens (tertiary/aromatic N) is 5. The van der Waals surface area contributed by atoms with E-state index in [9.17, 15) is 8.78 Å². The van der Waals surface area contributed by atoms with E-state index in [0.29, 0.717) is 23.0 Å². The molecule has 1 saturated heterocycles. The van der Waals surface area contributed by atoms with Crippen LogP contribution in [0, 0.1) is 11.6 Å². The zero-order chi connectivity index (χ0) is 20.7. The lowest BCUT2D eigenvalue weighted by Crippen LogP contribution is -2.49. The molecule has 152 valence electrons. The summed E-state index contributed by atoms with van der Waals surface area (Å²) >= 11 is 0.